The molecule has 3 aromatic rings. The fourth-order valence-electron chi connectivity index (χ4n) is 3.43. The molecule has 0 bridgehead atoms. The van der Waals surface area contributed by atoms with E-state index >= 15 is 0 Å². The van der Waals surface area contributed by atoms with Crippen LogP contribution in [-0.4, -0.2) is 50.1 Å². The molecule has 1 amide bonds. The summed E-state index contributed by atoms with van der Waals surface area (Å²) in [4.78, 5) is 27.2. The van der Waals surface area contributed by atoms with Gasteiger partial charge in [0.1, 0.15) is 11.5 Å². The predicted molar refractivity (Wildman–Crippen MR) is 105 cm³/mol. The fraction of sp³-hybridized carbons (Fsp3) is 0.381. The van der Waals surface area contributed by atoms with E-state index in [2.05, 4.69) is 20.1 Å². The summed E-state index contributed by atoms with van der Waals surface area (Å²) >= 11 is 0. The van der Waals surface area contributed by atoms with Crippen molar-refractivity contribution in [2.75, 3.05) is 13.1 Å². The van der Waals surface area contributed by atoms with Crippen LogP contribution in [0.5, 0.6) is 5.75 Å². The lowest BCUT2D eigenvalue weighted by Crippen LogP contribution is -2.44. The topological polar surface area (TPSA) is 94.2 Å². The van der Waals surface area contributed by atoms with E-state index in [9.17, 15) is 13.6 Å². The molecule has 1 atom stereocenters. The summed E-state index contributed by atoms with van der Waals surface area (Å²) < 4.78 is 37.5. The molecule has 0 aliphatic carbocycles. The number of carbonyl (C=O) groups excluding carboxylic acids is 1. The summed E-state index contributed by atoms with van der Waals surface area (Å²) in [6.07, 6.45) is 3.63. The SMILES string of the molecule is Cc1cnc(-c2nc(C3CCN(C(=O)C(C)Oc4ccc(F)cc4F)CC3)no2)cn1. The number of carbonyl (C=O) groups is 1. The van der Waals surface area contributed by atoms with Crippen LogP contribution in [0, 0.1) is 18.6 Å². The number of hydrogen-bond acceptors (Lipinski definition) is 7. The smallest absolute Gasteiger partial charge is 0.278 e. The Morgan fingerprint density at radius 3 is 2.68 bits per heavy atom. The van der Waals surface area contributed by atoms with Crippen molar-refractivity contribution in [1.82, 2.24) is 25.0 Å². The average molecular weight is 429 g/mol. The van der Waals surface area contributed by atoms with Crippen molar-refractivity contribution in [2.24, 2.45) is 0 Å². The van der Waals surface area contributed by atoms with Crippen molar-refractivity contribution in [1.29, 1.82) is 0 Å². The number of hydrogen-bond donors (Lipinski definition) is 0. The van der Waals surface area contributed by atoms with Crippen LogP contribution >= 0.6 is 0 Å². The third-order valence-corrected chi connectivity index (χ3v) is 5.16. The Labute approximate surface area is 177 Å². The first-order valence-corrected chi connectivity index (χ1v) is 9.94. The Morgan fingerprint density at radius 2 is 2.00 bits per heavy atom. The molecular formula is C21H21F2N5O3. The van der Waals surface area contributed by atoms with Crippen LogP contribution in [0.15, 0.2) is 35.1 Å². The van der Waals surface area contributed by atoms with Gasteiger partial charge < -0.3 is 14.2 Å². The first-order valence-electron chi connectivity index (χ1n) is 9.94. The number of piperidine rings is 1. The minimum atomic E-state index is -0.895. The maximum absolute atomic E-state index is 13.8. The number of aryl methyl sites for hydroxylation is 1. The summed E-state index contributed by atoms with van der Waals surface area (Å²) in [6, 6.07) is 2.98. The van der Waals surface area contributed by atoms with Gasteiger partial charge in [0.15, 0.2) is 23.5 Å². The quantitative estimate of drug-likeness (QED) is 0.614. The van der Waals surface area contributed by atoms with Crippen LogP contribution in [0.25, 0.3) is 11.6 Å². The first-order chi connectivity index (χ1) is 14.9. The molecule has 1 aliphatic rings. The van der Waals surface area contributed by atoms with E-state index in [1.165, 1.54) is 6.07 Å². The van der Waals surface area contributed by atoms with E-state index < -0.39 is 17.7 Å². The normalized spacial score (nSPS) is 15.7. The van der Waals surface area contributed by atoms with Crippen molar-refractivity contribution in [3.8, 4) is 17.3 Å². The highest BCUT2D eigenvalue weighted by Crippen LogP contribution is 2.28. The molecule has 1 fully saturated rings. The van der Waals surface area contributed by atoms with Gasteiger partial charge in [0, 0.05) is 31.3 Å². The predicted octanol–water partition coefficient (Wildman–Crippen LogP) is 3.29. The molecule has 162 valence electrons. The number of benzene rings is 1. The first kappa shape index (κ1) is 20.8. The van der Waals surface area contributed by atoms with E-state index in [0.717, 1.165) is 17.8 Å². The van der Waals surface area contributed by atoms with Gasteiger partial charge in [0.05, 0.1) is 11.9 Å². The molecular weight excluding hydrogens is 408 g/mol. The van der Waals surface area contributed by atoms with Gasteiger partial charge in [0.2, 0.25) is 0 Å². The highest BCUT2D eigenvalue weighted by molar-refractivity contribution is 5.81. The highest BCUT2D eigenvalue weighted by Gasteiger charge is 2.30. The van der Waals surface area contributed by atoms with Gasteiger partial charge >= 0.3 is 0 Å². The number of halogens is 2. The van der Waals surface area contributed by atoms with E-state index in [-0.39, 0.29) is 17.6 Å². The number of aromatic nitrogens is 4. The number of rotatable bonds is 5. The zero-order chi connectivity index (χ0) is 22.0. The van der Waals surface area contributed by atoms with Crippen LogP contribution in [0.4, 0.5) is 8.78 Å². The van der Waals surface area contributed by atoms with E-state index in [1.54, 1.807) is 24.2 Å². The van der Waals surface area contributed by atoms with Crippen molar-refractivity contribution in [2.45, 2.75) is 38.7 Å². The molecule has 3 heterocycles. The molecule has 0 spiro atoms. The van der Waals surface area contributed by atoms with Gasteiger partial charge in [-0.3, -0.25) is 9.78 Å². The summed E-state index contributed by atoms with van der Waals surface area (Å²) in [5.74, 6) is -1.03. The zero-order valence-corrected chi connectivity index (χ0v) is 17.1. The van der Waals surface area contributed by atoms with Crippen molar-refractivity contribution in [3.05, 3.63) is 53.7 Å². The molecule has 10 heteroatoms. The molecule has 0 radical (unpaired) electrons. The monoisotopic (exact) mass is 429 g/mol. The van der Waals surface area contributed by atoms with Crippen molar-refractivity contribution < 1.29 is 22.8 Å². The van der Waals surface area contributed by atoms with Gasteiger partial charge in [-0.15, -0.1) is 0 Å². The van der Waals surface area contributed by atoms with E-state index in [0.29, 0.717) is 43.3 Å². The summed E-state index contributed by atoms with van der Waals surface area (Å²) in [6.45, 7) is 4.35. The molecule has 1 unspecified atom stereocenters. The maximum Gasteiger partial charge on any atom is 0.278 e. The van der Waals surface area contributed by atoms with E-state index in [1.807, 2.05) is 6.92 Å². The summed E-state index contributed by atoms with van der Waals surface area (Å²) in [5, 5.41) is 4.06. The second-order valence-corrected chi connectivity index (χ2v) is 7.44. The second-order valence-electron chi connectivity index (χ2n) is 7.44. The Balaban J connectivity index is 1.34. The summed E-state index contributed by atoms with van der Waals surface area (Å²) in [5.41, 5.74) is 1.30. The van der Waals surface area contributed by atoms with Gasteiger partial charge in [-0.1, -0.05) is 5.16 Å². The lowest BCUT2D eigenvalue weighted by molar-refractivity contribution is -0.139. The molecule has 1 saturated heterocycles. The van der Waals surface area contributed by atoms with Crippen LogP contribution in [0.3, 0.4) is 0 Å². The summed E-state index contributed by atoms with van der Waals surface area (Å²) in [7, 11) is 0. The number of amides is 1. The molecule has 8 nitrogen and oxygen atoms in total. The molecule has 1 aliphatic heterocycles. The molecule has 2 aromatic heterocycles. The Kier molecular flexibility index (Phi) is 5.88. The van der Waals surface area contributed by atoms with E-state index in [4.69, 9.17) is 9.26 Å². The number of likely N-dealkylation sites (tertiary alicyclic amines) is 1. The van der Waals surface area contributed by atoms with Crippen LogP contribution in [-0.2, 0) is 4.79 Å². The zero-order valence-electron chi connectivity index (χ0n) is 17.1. The molecule has 0 N–H and O–H groups in total. The Bertz CT molecular complexity index is 1070. The van der Waals surface area contributed by atoms with Gasteiger partial charge in [-0.2, -0.15) is 4.98 Å². The number of nitrogens with zero attached hydrogens (tertiary/aromatic N) is 5. The Hall–Kier alpha value is -3.43. The van der Waals surface area contributed by atoms with Crippen LogP contribution < -0.4 is 4.74 Å². The third kappa shape index (κ3) is 4.68. The minimum absolute atomic E-state index is 0.0470. The second kappa shape index (κ2) is 8.75. The highest BCUT2D eigenvalue weighted by atomic mass is 19.1. The van der Waals surface area contributed by atoms with Crippen LogP contribution in [0.2, 0.25) is 0 Å². The Morgan fingerprint density at radius 1 is 1.23 bits per heavy atom. The number of ether oxygens (including phenoxy) is 1. The van der Waals surface area contributed by atoms with Crippen molar-refractivity contribution >= 4 is 5.91 Å². The van der Waals surface area contributed by atoms with Gasteiger partial charge in [0.25, 0.3) is 11.8 Å². The standard InChI is InChI=1S/C21H21F2N5O3/c1-12-10-25-17(11-24-12)20-26-19(27-31-20)14-5-7-28(8-6-14)21(29)13(2)30-18-4-3-15(22)9-16(18)23/h3-4,9-11,13-14H,5-8H2,1-2H3. The molecule has 4 rings (SSSR count). The van der Waals surface area contributed by atoms with Gasteiger partial charge in [-0.05, 0) is 38.8 Å². The maximum atomic E-state index is 13.8. The minimum Gasteiger partial charge on any atom is -0.478 e. The van der Waals surface area contributed by atoms with Gasteiger partial charge in [-0.25, -0.2) is 13.8 Å². The largest absolute Gasteiger partial charge is 0.478 e. The third-order valence-electron chi connectivity index (χ3n) is 5.16. The average Bonchev–Trinajstić information content (AvgIpc) is 3.26. The fourth-order valence-corrected chi connectivity index (χ4v) is 3.43. The lowest BCUT2D eigenvalue weighted by Gasteiger charge is -2.32. The molecule has 0 saturated carbocycles. The lowest BCUT2D eigenvalue weighted by atomic mass is 9.96. The molecule has 31 heavy (non-hydrogen) atoms. The van der Waals surface area contributed by atoms with Crippen LogP contribution in [0.1, 0.15) is 37.2 Å². The molecule has 1 aromatic carbocycles. The van der Waals surface area contributed by atoms with Crippen molar-refractivity contribution in [3.63, 3.8) is 0 Å².